The number of ether oxygens (including phenoxy) is 1. The molecule has 0 amide bonds. The van der Waals surface area contributed by atoms with Crippen LogP contribution in [0.1, 0.15) is 36.8 Å². The molecule has 5 heteroatoms. The zero-order valence-corrected chi connectivity index (χ0v) is 12.4. The molecular formula is C16H23N3O2. The molecule has 0 aromatic heterocycles. The molecule has 4 N–H and O–H groups in total. The third-order valence-corrected chi connectivity index (χ3v) is 4.78. The molecular weight excluding hydrogens is 266 g/mol. The predicted octanol–water partition coefficient (Wildman–Crippen LogP) is 1.47. The van der Waals surface area contributed by atoms with Gasteiger partial charge in [0.15, 0.2) is 0 Å². The molecule has 5 nitrogen and oxygen atoms in total. The second-order valence-corrected chi connectivity index (χ2v) is 6.13. The Bertz CT molecular complexity index is 532. The molecule has 2 atom stereocenters. The van der Waals surface area contributed by atoms with Crippen molar-refractivity contribution in [1.29, 1.82) is 5.41 Å². The van der Waals surface area contributed by atoms with E-state index in [1.54, 1.807) is 7.11 Å². The van der Waals surface area contributed by atoms with E-state index in [1.807, 2.05) is 18.2 Å². The van der Waals surface area contributed by atoms with Gasteiger partial charge < -0.3 is 15.6 Å². The van der Waals surface area contributed by atoms with E-state index in [0.717, 1.165) is 19.4 Å². The van der Waals surface area contributed by atoms with Crippen LogP contribution in [0.3, 0.4) is 0 Å². The zero-order valence-electron chi connectivity index (χ0n) is 12.4. The monoisotopic (exact) mass is 289 g/mol. The highest BCUT2D eigenvalue weighted by Crippen LogP contribution is 2.37. The molecule has 1 aromatic carbocycles. The smallest absolute Gasteiger partial charge is 0.130 e. The van der Waals surface area contributed by atoms with Crippen LogP contribution in [0.25, 0.3) is 0 Å². The number of rotatable bonds is 4. The summed E-state index contributed by atoms with van der Waals surface area (Å²) in [5.74, 6) is 0.684. The minimum atomic E-state index is -0.131. The topological polar surface area (TPSA) is 82.6 Å². The largest absolute Gasteiger partial charge is 0.496 e. The molecule has 0 aliphatic carbocycles. The molecule has 0 saturated carbocycles. The summed E-state index contributed by atoms with van der Waals surface area (Å²) < 4.78 is 5.34. The van der Waals surface area contributed by atoms with Crippen LogP contribution in [0, 0.1) is 5.41 Å². The number of fused-ring (bicyclic) bond motifs is 2. The van der Waals surface area contributed by atoms with E-state index in [2.05, 4.69) is 4.90 Å². The Hall–Kier alpha value is -1.59. The molecule has 2 aliphatic heterocycles. The van der Waals surface area contributed by atoms with Crippen molar-refractivity contribution < 1.29 is 9.84 Å². The number of nitrogens with one attached hydrogen (secondary N) is 1. The van der Waals surface area contributed by atoms with Crippen LogP contribution in [0.15, 0.2) is 18.2 Å². The summed E-state index contributed by atoms with van der Waals surface area (Å²) in [5, 5.41) is 17.4. The molecule has 2 bridgehead atoms. The second-order valence-electron chi connectivity index (χ2n) is 6.13. The van der Waals surface area contributed by atoms with Crippen molar-refractivity contribution in [3.8, 4) is 5.75 Å². The fourth-order valence-electron chi connectivity index (χ4n) is 3.77. The standard InChI is InChI=1S/C16H23N3O2/c1-21-15-6-10(2-5-14(15)16(17)18)9-19-11-3-4-12(19)8-13(20)7-11/h2,5-6,11-13,20H,3-4,7-9H2,1H3,(H3,17,18). The van der Waals surface area contributed by atoms with Crippen molar-refractivity contribution in [1.82, 2.24) is 4.90 Å². The number of nitrogens with two attached hydrogens (primary N) is 1. The highest BCUT2D eigenvalue weighted by Gasteiger charge is 2.39. The lowest BCUT2D eigenvalue weighted by molar-refractivity contribution is 0.0310. The van der Waals surface area contributed by atoms with Crippen LogP contribution in [-0.4, -0.2) is 41.1 Å². The number of benzene rings is 1. The fourth-order valence-corrected chi connectivity index (χ4v) is 3.77. The summed E-state index contributed by atoms with van der Waals surface area (Å²) in [7, 11) is 1.60. The van der Waals surface area contributed by atoms with E-state index in [0.29, 0.717) is 23.4 Å². The highest BCUT2D eigenvalue weighted by atomic mass is 16.5. The van der Waals surface area contributed by atoms with Crippen LogP contribution in [0.2, 0.25) is 0 Å². The first kappa shape index (κ1) is 14.4. The van der Waals surface area contributed by atoms with E-state index in [4.69, 9.17) is 15.9 Å². The number of aliphatic hydroxyl groups is 1. The van der Waals surface area contributed by atoms with E-state index in [-0.39, 0.29) is 11.9 Å². The van der Waals surface area contributed by atoms with Crippen LogP contribution in [0.5, 0.6) is 5.75 Å². The van der Waals surface area contributed by atoms with Gasteiger partial charge in [0.2, 0.25) is 0 Å². The summed E-state index contributed by atoms with van der Waals surface area (Å²) in [6.07, 6.45) is 4.01. The maximum Gasteiger partial charge on any atom is 0.130 e. The van der Waals surface area contributed by atoms with Crippen molar-refractivity contribution in [3.05, 3.63) is 29.3 Å². The third-order valence-electron chi connectivity index (χ3n) is 4.78. The Morgan fingerprint density at radius 3 is 2.62 bits per heavy atom. The first-order chi connectivity index (χ1) is 10.1. The number of aliphatic hydroxyl groups excluding tert-OH is 1. The van der Waals surface area contributed by atoms with Gasteiger partial charge in [-0.2, -0.15) is 0 Å². The summed E-state index contributed by atoms with van der Waals surface area (Å²) in [6, 6.07) is 6.84. The van der Waals surface area contributed by atoms with E-state index < -0.39 is 0 Å². The van der Waals surface area contributed by atoms with E-state index in [9.17, 15) is 5.11 Å². The number of nitrogen functional groups attached to an aromatic ring is 1. The number of amidine groups is 1. The molecule has 0 spiro atoms. The Balaban J connectivity index is 1.78. The number of hydrogen-bond donors (Lipinski definition) is 3. The van der Waals surface area contributed by atoms with Gasteiger partial charge in [0.05, 0.1) is 18.8 Å². The van der Waals surface area contributed by atoms with E-state index in [1.165, 1.54) is 18.4 Å². The molecule has 2 unspecified atom stereocenters. The summed E-state index contributed by atoms with van der Waals surface area (Å²) >= 11 is 0. The Morgan fingerprint density at radius 2 is 2.05 bits per heavy atom. The Labute approximate surface area is 125 Å². The van der Waals surface area contributed by atoms with Gasteiger partial charge in [-0.25, -0.2) is 0 Å². The average molecular weight is 289 g/mol. The molecule has 2 aliphatic rings. The molecule has 1 aromatic rings. The summed E-state index contributed by atoms with van der Waals surface area (Å²) in [4.78, 5) is 2.51. The van der Waals surface area contributed by atoms with Crippen molar-refractivity contribution in [2.75, 3.05) is 7.11 Å². The normalized spacial score (nSPS) is 28.6. The zero-order chi connectivity index (χ0) is 15.0. The van der Waals surface area contributed by atoms with Crippen molar-refractivity contribution in [2.45, 2.75) is 50.4 Å². The third kappa shape index (κ3) is 2.76. The Morgan fingerprint density at radius 1 is 1.38 bits per heavy atom. The molecule has 2 fully saturated rings. The van der Waals surface area contributed by atoms with Crippen LogP contribution in [-0.2, 0) is 6.54 Å². The first-order valence-electron chi connectivity index (χ1n) is 7.53. The van der Waals surface area contributed by atoms with Crippen LogP contribution >= 0.6 is 0 Å². The van der Waals surface area contributed by atoms with Crippen molar-refractivity contribution in [2.24, 2.45) is 5.73 Å². The molecule has 2 heterocycles. The van der Waals surface area contributed by atoms with E-state index >= 15 is 0 Å². The second kappa shape index (κ2) is 5.66. The number of nitrogens with zero attached hydrogens (tertiary/aromatic N) is 1. The van der Waals surface area contributed by atoms with Gasteiger partial charge in [0.1, 0.15) is 11.6 Å². The minimum absolute atomic E-state index is 0.0274. The SMILES string of the molecule is COc1cc(CN2C3CCC2CC(O)C3)ccc1C(=N)N. The minimum Gasteiger partial charge on any atom is -0.496 e. The molecule has 114 valence electrons. The number of hydrogen-bond acceptors (Lipinski definition) is 4. The van der Waals surface area contributed by atoms with Gasteiger partial charge in [-0.05, 0) is 43.4 Å². The number of piperidine rings is 1. The van der Waals surface area contributed by atoms with Gasteiger partial charge in [0, 0.05) is 18.6 Å². The molecule has 3 rings (SSSR count). The maximum absolute atomic E-state index is 9.87. The lowest BCUT2D eigenvalue weighted by Crippen LogP contribution is -2.44. The molecule has 2 saturated heterocycles. The fraction of sp³-hybridized carbons (Fsp3) is 0.562. The van der Waals surface area contributed by atoms with Crippen molar-refractivity contribution in [3.63, 3.8) is 0 Å². The lowest BCUT2D eigenvalue weighted by atomic mass is 9.98. The van der Waals surface area contributed by atoms with Crippen LogP contribution in [0.4, 0.5) is 0 Å². The molecule has 21 heavy (non-hydrogen) atoms. The maximum atomic E-state index is 9.87. The summed E-state index contributed by atoms with van der Waals surface area (Å²) in [5.41, 5.74) is 7.37. The van der Waals surface area contributed by atoms with Crippen molar-refractivity contribution >= 4 is 5.84 Å². The number of methoxy groups -OCH3 is 1. The quantitative estimate of drug-likeness (QED) is 0.579. The van der Waals surface area contributed by atoms with Gasteiger partial charge in [-0.3, -0.25) is 10.3 Å². The van der Waals surface area contributed by atoms with Gasteiger partial charge >= 0.3 is 0 Å². The first-order valence-corrected chi connectivity index (χ1v) is 7.53. The lowest BCUT2D eigenvalue weighted by Gasteiger charge is -2.37. The van der Waals surface area contributed by atoms with Crippen LogP contribution < -0.4 is 10.5 Å². The summed E-state index contributed by atoms with van der Waals surface area (Å²) in [6.45, 7) is 0.872. The average Bonchev–Trinajstić information content (AvgIpc) is 2.70. The Kier molecular flexibility index (Phi) is 3.87. The van der Waals surface area contributed by atoms with Gasteiger partial charge in [0.25, 0.3) is 0 Å². The van der Waals surface area contributed by atoms with Gasteiger partial charge in [-0.15, -0.1) is 0 Å². The highest BCUT2D eigenvalue weighted by molar-refractivity contribution is 5.97. The van der Waals surface area contributed by atoms with Gasteiger partial charge in [-0.1, -0.05) is 6.07 Å². The predicted molar refractivity (Wildman–Crippen MR) is 81.6 cm³/mol. The molecule has 0 radical (unpaired) electrons.